The van der Waals surface area contributed by atoms with Gasteiger partial charge >= 0.3 is 12.0 Å². The van der Waals surface area contributed by atoms with Crippen LogP contribution in [0.3, 0.4) is 0 Å². The fraction of sp³-hybridized carbons (Fsp3) is 0.846. The second kappa shape index (κ2) is 6.41. The van der Waals surface area contributed by atoms with E-state index in [0.29, 0.717) is 45.6 Å². The van der Waals surface area contributed by atoms with Gasteiger partial charge in [0.05, 0.1) is 6.61 Å². The highest BCUT2D eigenvalue weighted by atomic mass is 16.4. The molecule has 114 valence electrons. The third kappa shape index (κ3) is 3.21. The van der Waals surface area contributed by atoms with Crippen LogP contribution in [0.15, 0.2) is 0 Å². The zero-order chi connectivity index (χ0) is 14.6. The molecule has 0 unspecified atom stereocenters. The number of carboxylic acids is 1. The van der Waals surface area contributed by atoms with Crippen molar-refractivity contribution in [3.05, 3.63) is 0 Å². The predicted molar refractivity (Wildman–Crippen MR) is 72.5 cm³/mol. The lowest BCUT2D eigenvalue weighted by molar-refractivity contribution is -0.144. The molecule has 3 N–H and O–H groups in total. The van der Waals surface area contributed by atoms with Crippen LogP contribution in [0.2, 0.25) is 0 Å². The molecule has 1 heterocycles. The number of aliphatic carboxylic acids is 1. The summed E-state index contributed by atoms with van der Waals surface area (Å²) in [4.78, 5) is 27.4. The van der Waals surface area contributed by atoms with Gasteiger partial charge in [0.1, 0.15) is 5.54 Å². The fourth-order valence-corrected chi connectivity index (χ4v) is 2.97. The van der Waals surface area contributed by atoms with Crippen LogP contribution in [-0.2, 0) is 4.79 Å². The molecule has 0 bridgehead atoms. The van der Waals surface area contributed by atoms with Crippen molar-refractivity contribution in [2.45, 2.75) is 31.2 Å². The van der Waals surface area contributed by atoms with E-state index in [2.05, 4.69) is 10.2 Å². The molecule has 0 atom stereocenters. The lowest BCUT2D eigenvalue weighted by Crippen LogP contribution is -2.59. The zero-order valence-electron chi connectivity index (χ0n) is 11.7. The number of hydrogen-bond donors (Lipinski definition) is 3. The highest BCUT2D eigenvalue weighted by Crippen LogP contribution is 2.30. The highest BCUT2D eigenvalue weighted by molar-refractivity contribution is 5.86. The van der Waals surface area contributed by atoms with Crippen LogP contribution in [0.5, 0.6) is 0 Å². The van der Waals surface area contributed by atoms with Crippen molar-refractivity contribution in [2.75, 3.05) is 39.3 Å². The van der Waals surface area contributed by atoms with Gasteiger partial charge in [0.25, 0.3) is 0 Å². The van der Waals surface area contributed by atoms with Crippen LogP contribution in [0.25, 0.3) is 0 Å². The van der Waals surface area contributed by atoms with Gasteiger partial charge in [-0.1, -0.05) is 12.8 Å². The first-order valence-electron chi connectivity index (χ1n) is 7.21. The molecule has 0 aromatic carbocycles. The first-order chi connectivity index (χ1) is 9.57. The minimum absolute atomic E-state index is 0.119. The summed E-state index contributed by atoms with van der Waals surface area (Å²) in [6.07, 6.45) is 2.71. The Balaban J connectivity index is 1.87. The summed E-state index contributed by atoms with van der Waals surface area (Å²) >= 11 is 0. The van der Waals surface area contributed by atoms with E-state index < -0.39 is 11.5 Å². The van der Waals surface area contributed by atoms with Gasteiger partial charge < -0.3 is 20.4 Å². The van der Waals surface area contributed by atoms with Gasteiger partial charge in [-0.25, -0.2) is 9.59 Å². The van der Waals surface area contributed by atoms with Gasteiger partial charge in [0, 0.05) is 32.7 Å². The van der Waals surface area contributed by atoms with Crippen molar-refractivity contribution in [2.24, 2.45) is 0 Å². The van der Waals surface area contributed by atoms with Crippen molar-refractivity contribution in [1.29, 1.82) is 0 Å². The molecule has 0 aromatic rings. The van der Waals surface area contributed by atoms with E-state index in [1.54, 1.807) is 4.90 Å². The number of carboxylic acid groups (broad SMARTS) is 1. The maximum Gasteiger partial charge on any atom is 0.329 e. The summed E-state index contributed by atoms with van der Waals surface area (Å²) < 4.78 is 0. The standard InChI is InChI=1S/C13H23N3O4/c17-10-9-15-5-7-16(8-6-15)12(20)14-13(11(18)19)3-1-2-4-13/h17H,1-10H2,(H,14,20)(H,18,19). The molecule has 7 nitrogen and oxygen atoms in total. The molecule has 2 amide bonds. The van der Waals surface area contributed by atoms with E-state index in [0.717, 1.165) is 12.8 Å². The summed E-state index contributed by atoms with van der Waals surface area (Å²) in [6, 6.07) is -0.280. The second-order valence-corrected chi connectivity index (χ2v) is 5.58. The minimum atomic E-state index is -1.07. The summed E-state index contributed by atoms with van der Waals surface area (Å²) in [7, 11) is 0. The monoisotopic (exact) mass is 285 g/mol. The molecule has 0 spiro atoms. The number of nitrogens with one attached hydrogen (secondary N) is 1. The molecule has 2 rings (SSSR count). The van der Waals surface area contributed by atoms with Crippen molar-refractivity contribution >= 4 is 12.0 Å². The molecule has 1 aliphatic heterocycles. The molecule has 1 saturated heterocycles. The average molecular weight is 285 g/mol. The van der Waals surface area contributed by atoms with Crippen LogP contribution in [0, 0.1) is 0 Å². The Hall–Kier alpha value is -1.34. The Kier molecular flexibility index (Phi) is 4.82. The summed E-state index contributed by atoms with van der Waals surface area (Å²) in [5.74, 6) is -0.928. The quantitative estimate of drug-likeness (QED) is 0.659. The number of piperazine rings is 1. The van der Waals surface area contributed by atoms with Gasteiger partial charge in [-0.3, -0.25) is 4.90 Å². The molecule has 7 heteroatoms. The Morgan fingerprint density at radius 3 is 2.20 bits per heavy atom. The first kappa shape index (κ1) is 15.1. The van der Waals surface area contributed by atoms with Crippen LogP contribution in [0.4, 0.5) is 4.79 Å². The minimum Gasteiger partial charge on any atom is -0.480 e. The van der Waals surface area contributed by atoms with Gasteiger partial charge in [0.2, 0.25) is 0 Å². The van der Waals surface area contributed by atoms with E-state index >= 15 is 0 Å². The Morgan fingerprint density at radius 1 is 1.10 bits per heavy atom. The van der Waals surface area contributed by atoms with Crippen molar-refractivity contribution in [3.63, 3.8) is 0 Å². The van der Waals surface area contributed by atoms with Crippen LogP contribution >= 0.6 is 0 Å². The molecular weight excluding hydrogens is 262 g/mol. The van der Waals surface area contributed by atoms with Crippen LogP contribution < -0.4 is 5.32 Å². The molecule has 2 aliphatic rings. The number of rotatable bonds is 4. The molecule has 1 saturated carbocycles. The SMILES string of the molecule is O=C(NC1(C(=O)O)CCCC1)N1CCN(CCO)CC1. The predicted octanol–water partition coefficient (Wildman–Crippen LogP) is -0.297. The van der Waals surface area contributed by atoms with Crippen molar-refractivity contribution in [1.82, 2.24) is 15.1 Å². The topological polar surface area (TPSA) is 93.1 Å². The van der Waals surface area contributed by atoms with Crippen molar-refractivity contribution < 1.29 is 19.8 Å². The molecule has 2 fully saturated rings. The molecule has 0 radical (unpaired) electrons. The van der Waals surface area contributed by atoms with Gasteiger partial charge in [-0.2, -0.15) is 0 Å². The largest absolute Gasteiger partial charge is 0.480 e. The Morgan fingerprint density at radius 2 is 1.70 bits per heavy atom. The number of nitrogens with zero attached hydrogens (tertiary/aromatic N) is 2. The number of amides is 2. The molecular formula is C13H23N3O4. The highest BCUT2D eigenvalue weighted by Gasteiger charge is 2.43. The van der Waals surface area contributed by atoms with E-state index in [9.17, 15) is 14.7 Å². The zero-order valence-corrected chi connectivity index (χ0v) is 11.7. The lowest BCUT2D eigenvalue weighted by atomic mass is 9.98. The van der Waals surface area contributed by atoms with Gasteiger partial charge in [0.15, 0.2) is 0 Å². The van der Waals surface area contributed by atoms with E-state index in [1.165, 1.54) is 0 Å². The number of carbonyl (C=O) groups is 2. The first-order valence-corrected chi connectivity index (χ1v) is 7.21. The molecule has 20 heavy (non-hydrogen) atoms. The number of carbonyl (C=O) groups excluding carboxylic acids is 1. The third-order valence-corrected chi connectivity index (χ3v) is 4.29. The summed E-state index contributed by atoms with van der Waals surface area (Å²) in [5, 5.41) is 21.0. The number of urea groups is 1. The Labute approximate surface area is 118 Å². The number of hydrogen-bond acceptors (Lipinski definition) is 4. The summed E-state index contributed by atoms with van der Waals surface area (Å²) in [5.41, 5.74) is -1.07. The van der Waals surface area contributed by atoms with Crippen LogP contribution in [0.1, 0.15) is 25.7 Å². The normalized spacial score (nSPS) is 22.8. The number of aliphatic hydroxyl groups is 1. The summed E-state index contributed by atoms with van der Waals surface area (Å²) in [6.45, 7) is 3.31. The van der Waals surface area contributed by atoms with Gasteiger partial charge in [-0.15, -0.1) is 0 Å². The smallest absolute Gasteiger partial charge is 0.329 e. The Bertz CT molecular complexity index is 361. The van der Waals surface area contributed by atoms with Crippen LogP contribution in [-0.4, -0.2) is 76.9 Å². The van der Waals surface area contributed by atoms with Crippen molar-refractivity contribution in [3.8, 4) is 0 Å². The maximum atomic E-state index is 12.2. The van der Waals surface area contributed by atoms with E-state index in [-0.39, 0.29) is 12.6 Å². The number of aliphatic hydroxyl groups excluding tert-OH is 1. The van der Waals surface area contributed by atoms with E-state index in [4.69, 9.17) is 5.11 Å². The third-order valence-electron chi connectivity index (χ3n) is 4.29. The average Bonchev–Trinajstić information content (AvgIpc) is 2.90. The molecule has 0 aromatic heterocycles. The maximum absolute atomic E-state index is 12.2. The lowest BCUT2D eigenvalue weighted by Gasteiger charge is -2.36. The fourth-order valence-electron chi connectivity index (χ4n) is 2.97. The second-order valence-electron chi connectivity index (χ2n) is 5.58. The van der Waals surface area contributed by atoms with E-state index in [1.807, 2.05) is 0 Å². The number of β-amino-alcohol motifs (C(OH)–C–C–N with tert-alkyl or cyclic N) is 1. The molecule has 1 aliphatic carbocycles. The van der Waals surface area contributed by atoms with Gasteiger partial charge in [-0.05, 0) is 12.8 Å².